The van der Waals surface area contributed by atoms with E-state index in [0.717, 1.165) is 32.1 Å². The van der Waals surface area contributed by atoms with Crippen LogP contribution in [0.2, 0.25) is 0 Å². The highest BCUT2D eigenvalue weighted by molar-refractivity contribution is 7.46. The van der Waals surface area contributed by atoms with Gasteiger partial charge in [0.25, 0.3) is 0 Å². The molecular formula is C20H27O8P. The summed E-state index contributed by atoms with van der Waals surface area (Å²) in [6.45, 7) is 2.63. The fraction of sp³-hybridized carbons (Fsp3) is 0.600. The van der Waals surface area contributed by atoms with Crippen LogP contribution in [0.15, 0.2) is 0 Å². The Morgan fingerprint density at radius 2 is 1.62 bits per heavy atom. The minimum absolute atomic E-state index is 0.153. The third-order valence-corrected chi connectivity index (χ3v) is 3.82. The highest BCUT2D eigenvalue weighted by Crippen LogP contribution is 2.35. The minimum Gasteiger partial charge on any atom is -0.456 e. The number of phosphoric ester groups is 1. The lowest BCUT2D eigenvalue weighted by Gasteiger charge is -2.17. The van der Waals surface area contributed by atoms with E-state index in [1.165, 1.54) is 0 Å². The molecule has 0 fully saturated rings. The van der Waals surface area contributed by atoms with Crippen LogP contribution in [-0.4, -0.2) is 41.0 Å². The zero-order chi connectivity index (χ0) is 22.0. The quantitative estimate of drug-likeness (QED) is 0.151. The normalized spacial score (nSPS) is 10.9. The highest BCUT2D eigenvalue weighted by atomic mass is 31.2. The van der Waals surface area contributed by atoms with Gasteiger partial charge >= 0.3 is 19.8 Å². The van der Waals surface area contributed by atoms with Crippen LogP contribution >= 0.6 is 7.82 Å². The maximum Gasteiger partial charge on any atom is 0.469 e. The molecule has 0 aliphatic carbocycles. The lowest BCUT2D eigenvalue weighted by atomic mass is 10.1. The van der Waals surface area contributed by atoms with Crippen LogP contribution < -0.4 is 0 Å². The van der Waals surface area contributed by atoms with Crippen molar-refractivity contribution in [1.82, 2.24) is 0 Å². The Bertz CT molecular complexity index is 736. The van der Waals surface area contributed by atoms with E-state index in [4.69, 9.17) is 19.3 Å². The Kier molecular flexibility index (Phi) is 15.4. The van der Waals surface area contributed by atoms with Crippen molar-refractivity contribution in [3.8, 4) is 35.5 Å². The maximum atomic E-state index is 11.9. The van der Waals surface area contributed by atoms with Gasteiger partial charge in [-0.1, -0.05) is 44.9 Å². The zero-order valence-electron chi connectivity index (χ0n) is 16.7. The van der Waals surface area contributed by atoms with Crippen molar-refractivity contribution in [2.24, 2.45) is 0 Å². The number of phosphoric acid groups is 1. The molecule has 0 aromatic rings. The number of carbonyl (C=O) groups is 2. The molecule has 160 valence electrons. The van der Waals surface area contributed by atoms with E-state index in [2.05, 4.69) is 47.0 Å². The molecule has 0 saturated heterocycles. The van der Waals surface area contributed by atoms with Gasteiger partial charge in [-0.05, 0) is 37.0 Å². The summed E-state index contributed by atoms with van der Waals surface area (Å²) in [4.78, 5) is 41.0. The lowest BCUT2D eigenvalue weighted by Crippen LogP contribution is -2.29. The highest BCUT2D eigenvalue weighted by Gasteiger charge is 2.22. The van der Waals surface area contributed by atoms with Crippen LogP contribution in [0.4, 0.5) is 0 Å². The third-order valence-electron chi connectivity index (χ3n) is 3.34. The van der Waals surface area contributed by atoms with Gasteiger partial charge in [-0.3, -0.25) is 9.32 Å². The molecule has 29 heavy (non-hydrogen) atoms. The molecule has 0 bridgehead atoms. The van der Waals surface area contributed by atoms with Crippen molar-refractivity contribution in [2.45, 2.75) is 64.9 Å². The van der Waals surface area contributed by atoms with Crippen LogP contribution in [-0.2, 0) is 28.2 Å². The van der Waals surface area contributed by atoms with E-state index in [9.17, 15) is 14.2 Å². The molecule has 0 amide bonds. The number of esters is 2. The van der Waals surface area contributed by atoms with Gasteiger partial charge in [0, 0.05) is 12.3 Å². The molecule has 0 radical (unpaired) electrons. The second-order valence-electron chi connectivity index (χ2n) is 5.89. The Labute approximate surface area is 171 Å². The van der Waals surface area contributed by atoms with Crippen molar-refractivity contribution in [3.05, 3.63) is 0 Å². The van der Waals surface area contributed by atoms with Gasteiger partial charge in [0.2, 0.25) is 0 Å². The molecule has 0 saturated carbocycles. The van der Waals surface area contributed by atoms with Gasteiger partial charge < -0.3 is 19.3 Å². The van der Waals surface area contributed by atoms with Crippen LogP contribution in [0, 0.1) is 35.5 Å². The number of carbonyl (C=O) groups excluding carboxylic acids is 2. The number of rotatable bonds is 13. The van der Waals surface area contributed by atoms with Crippen molar-refractivity contribution in [2.75, 3.05) is 13.2 Å². The number of unbranched alkanes of at least 4 members (excludes halogenated alkanes) is 5. The Hall–Kier alpha value is -2.27. The molecule has 8 nitrogen and oxygen atoms in total. The fourth-order valence-electron chi connectivity index (χ4n) is 2.00. The van der Waals surface area contributed by atoms with Gasteiger partial charge in [-0.15, -0.1) is 0 Å². The molecule has 0 aromatic carbocycles. The average molecular weight is 426 g/mol. The van der Waals surface area contributed by atoms with Crippen molar-refractivity contribution in [3.63, 3.8) is 0 Å². The van der Waals surface area contributed by atoms with Crippen LogP contribution in [0.5, 0.6) is 0 Å². The van der Waals surface area contributed by atoms with E-state index in [1.54, 1.807) is 6.92 Å². The molecule has 9 heteroatoms. The minimum atomic E-state index is -4.77. The molecular weight excluding hydrogens is 399 g/mol. The topological polar surface area (TPSA) is 119 Å². The molecule has 0 rings (SSSR count). The van der Waals surface area contributed by atoms with Gasteiger partial charge in [-0.25, -0.2) is 9.36 Å². The number of hydrogen-bond acceptors (Lipinski definition) is 6. The average Bonchev–Trinajstić information content (AvgIpc) is 2.65. The zero-order valence-corrected chi connectivity index (χ0v) is 17.6. The molecule has 0 aromatic heterocycles. The summed E-state index contributed by atoms with van der Waals surface area (Å²) in [5.74, 6) is 12.5. The van der Waals surface area contributed by atoms with Gasteiger partial charge in [0.05, 0.1) is 6.61 Å². The first-order valence-electron chi connectivity index (χ1n) is 9.27. The van der Waals surface area contributed by atoms with Crippen molar-refractivity contribution >= 4 is 19.8 Å². The van der Waals surface area contributed by atoms with E-state index < -0.39 is 39.1 Å². The summed E-state index contributed by atoms with van der Waals surface area (Å²) in [5, 5.41) is 0. The maximum absolute atomic E-state index is 11.9. The molecule has 2 N–H and O–H groups in total. The van der Waals surface area contributed by atoms with Gasteiger partial charge in [-0.2, -0.15) is 0 Å². The largest absolute Gasteiger partial charge is 0.469 e. The summed E-state index contributed by atoms with van der Waals surface area (Å²) >= 11 is 0. The Morgan fingerprint density at radius 3 is 2.28 bits per heavy atom. The van der Waals surface area contributed by atoms with E-state index >= 15 is 0 Å². The summed E-state index contributed by atoms with van der Waals surface area (Å²) in [7, 11) is -4.77. The molecule has 0 spiro atoms. The van der Waals surface area contributed by atoms with E-state index in [-0.39, 0.29) is 6.42 Å². The Morgan fingerprint density at radius 1 is 0.966 bits per heavy atom. The first-order chi connectivity index (χ1) is 13.8. The monoisotopic (exact) mass is 426 g/mol. The van der Waals surface area contributed by atoms with E-state index in [1.807, 2.05) is 0 Å². The summed E-state index contributed by atoms with van der Waals surface area (Å²) in [5.41, 5.74) is 0. The Balaban J connectivity index is 4.51. The molecule has 1 atom stereocenters. The van der Waals surface area contributed by atoms with Crippen LogP contribution in [0.3, 0.4) is 0 Å². The molecule has 0 aliphatic heterocycles. The second-order valence-corrected chi connectivity index (χ2v) is 7.13. The number of ether oxygens (including phenoxy) is 2. The van der Waals surface area contributed by atoms with Crippen LogP contribution in [0.1, 0.15) is 58.8 Å². The third kappa shape index (κ3) is 18.8. The SMILES string of the molecule is CC#CC#CC#CC(=O)OC[C@H](COP(=O)(O)O)OC(=O)CCCCCCCC. The van der Waals surface area contributed by atoms with Gasteiger partial charge in [0.15, 0.2) is 6.10 Å². The van der Waals surface area contributed by atoms with Crippen molar-refractivity contribution in [1.29, 1.82) is 0 Å². The van der Waals surface area contributed by atoms with Crippen molar-refractivity contribution < 1.29 is 37.9 Å². The second kappa shape index (κ2) is 16.7. The number of hydrogen-bond donors (Lipinski definition) is 2. The summed E-state index contributed by atoms with van der Waals surface area (Å²) in [6, 6.07) is 0. The predicted octanol–water partition coefficient (Wildman–Crippen LogP) is 2.33. The molecule has 0 aliphatic rings. The standard InChI is InChI=1S/C20H27O8P/c1-3-5-7-9-11-13-15-20(22)28-18(17-27-29(23,24)25)16-26-19(21)14-12-10-8-6-4-2/h18H,3,5,7,9,11,13,15-17H2,1-2H3,(H2,23,24,25)/t18-/m1/s1. The van der Waals surface area contributed by atoms with Gasteiger partial charge in [0.1, 0.15) is 6.61 Å². The van der Waals surface area contributed by atoms with E-state index in [0.29, 0.717) is 6.42 Å². The fourth-order valence-corrected chi connectivity index (χ4v) is 2.36. The molecule has 0 unspecified atom stereocenters. The summed E-state index contributed by atoms with van der Waals surface area (Å²) < 4.78 is 25.1. The van der Waals surface area contributed by atoms with Crippen LogP contribution in [0.25, 0.3) is 0 Å². The molecule has 0 heterocycles. The first kappa shape index (κ1) is 26.7. The lowest BCUT2D eigenvalue weighted by molar-refractivity contribution is -0.158. The summed E-state index contributed by atoms with van der Waals surface area (Å²) in [6.07, 6.45) is 4.92. The smallest absolute Gasteiger partial charge is 0.456 e. The predicted molar refractivity (Wildman–Crippen MR) is 106 cm³/mol. The first-order valence-corrected chi connectivity index (χ1v) is 10.8.